The fourth-order valence-electron chi connectivity index (χ4n) is 2.38. The van der Waals surface area contributed by atoms with Gasteiger partial charge in [0.25, 0.3) is 5.69 Å². The number of nitro benzene ring substituents is 1. The molecule has 0 aliphatic heterocycles. The summed E-state index contributed by atoms with van der Waals surface area (Å²) in [4.78, 5) is 15.2. The highest BCUT2D eigenvalue weighted by Crippen LogP contribution is 2.35. The monoisotopic (exact) mass is 298 g/mol. The molecular formula is C16H14N2O2S. The Labute approximate surface area is 126 Å². The lowest BCUT2D eigenvalue weighted by Gasteiger charge is -1.99. The fraction of sp³-hybridized carbons (Fsp3) is 0.188. The van der Waals surface area contributed by atoms with Crippen molar-refractivity contribution in [1.82, 2.24) is 4.98 Å². The summed E-state index contributed by atoms with van der Waals surface area (Å²) in [7, 11) is 0. The van der Waals surface area contributed by atoms with Crippen molar-refractivity contribution in [3.05, 3.63) is 57.1 Å². The Balaban J connectivity index is 2.17. The van der Waals surface area contributed by atoms with E-state index in [1.807, 2.05) is 13.0 Å². The highest BCUT2D eigenvalue weighted by Gasteiger charge is 2.14. The number of fused-ring (bicyclic) bond motifs is 1. The third-order valence-electron chi connectivity index (χ3n) is 3.58. The van der Waals surface area contributed by atoms with Gasteiger partial charge in [0.15, 0.2) is 0 Å². The second-order valence-corrected chi connectivity index (χ2v) is 6.15. The first-order valence-corrected chi connectivity index (χ1v) is 7.41. The average molecular weight is 298 g/mol. The zero-order valence-electron chi connectivity index (χ0n) is 12.0. The lowest BCUT2D eigenvalue weighted by Crippen LogP contribution is -1.91. The molecule has 0 radical (unpaired) electrons. The molecule has 0 saturated carbocycles. The Morgan fingerprint density at radius 1 is 1.05 bits per heavy atom. The van der Waals surface area contributed by atoms with Crippen molar-refractivity contribution >= 4 is 27.2 Å². The van der Waals surface area contributed by atoms with E-state index in [-0.39, 0.29) is 10.6 Å². The van der Waals surface area contributed by atoms with E-state index in [1.165, 1.54) is 10.3 Å². The van der Waals surface area contributed by atoms with Gasteiger partial charge in [-0.25, -0.2) is 4.98 Å². The summed E-state index contributed by atoms with van der Waals surface area (Å²) in [6.45, 7) is 5.88. The van der Waals surface area contributed by atoms with Crippen LogP contribution in [-0.2, 0) is 0 Å². The smallest absolute Gasteiger partial charge is 0.258 e. The summed E-state index contributed by atoms with van der Waals surface area (Å²) in [6, 6.07) is 9.33. The highest BCUT2D eigenvalue weighted by atomic mass is 32.1. The molecular weight excluding hydrogens is 284 g/mol. The maximum atomic E-state index is 10.9. The van der Waals surface area contributed by atoms with E-state index in [1.54, 1.807) is 30.4 Å². The van der Waals surface area contributed by atoms with Gasteiger partial charge in [-0.2, -0.15) is 0 Å². The van der Waals surface area contributed by atoms with E-state index in [2.05, 4.69) is 19.1 Å². The molecule has 3 rings (SSSR count). The number of rotatable bonds is 2. The molecule has 3 aromatic rings. The average Bonchev–Trinajstić information content (AvgIpc) is 2.89. The molecule has 0 saturated heterocycles. The molecule has 5 heteroatoms. The maximum absolute atomic E-state index is 10.9. The van der Waals surface area contributed by atoms with Crippen molar-refractivity contribution in [1.29, 1.82) is 0 Å². The molecule has 0 amide bonds. The summed E-state index contributed by atoms with van der Waals surface area (Å²) >= 11 is 1.63. The van der Waals surface area contributed by atoms with Gasteiger partial charge in [-0.05, 0) is 44.0 Å². The summed E-state index contributed by atoms with van der Waals surface area (Å²) in [5, 5.41) is 11.8. The Bertz CT molecular complexity index is 829. The molecule has 0 fully saturated rings. The Morgan fingerprint density at radius 2 is 1.76 bits per heavy atom. The minimum absolute atomic E-state index is 0.146. The lowest BCUT2D eigenvalue weighted by molar-refractivity contribution is -0.385. The van der Waals surface area contributed by atoms with E-state index >= 15 is 0 Å². The van der Waals surface area contributed by atoms with Crippen molar-refractivity contribution in [3.63, 3.8) is 0 Å². The van der Waals surface area contributed by atoms with Crippen LogP contribution in [0.15, 0.2) is 30.3 Å². The van der Waals surface area contributed by atoms with Crippen LogP contribution in [-0.4, -0.2) is 9.91 Å². The van der Waals surface area contributed by atoms with E-state index in [4.69, 9.17) is 4.98 Å². The predicted octanol–water partition coefficient (Wildman–Crippen LogP) is 4.80. The Hall–Kier alpha value is -2.27. The van der Waals surface area contributed by atoms with Crippen molar-refractivity contribution in [3.8, 4) is 10.6 Å². The third-order valence-corrected chi connectivity index (χ3v) is 4.82. The number of nitrogens with zero attached hydrogens (tertiary/aromatic N) is 2. The van der Waals surface area contributed by atoms with Crippen molar-refractivity contribution in [2.75, 3.05) is 0 Å². The first-order chi connectivity index (χ1) is 9.97. The van der Waals surface area contributed by atoms with Crippen molar-refractivity contribution in [2.24, 2.45) is 0 Å². The van der Waals surface area contributed by atoms with Gasteiger partial charge < -0.3 is 0 Å². The summed E-state index contributed by atoms with van der Waals surface area (Å²) in [5.74, 6) is 0. The molecule has 0 N–H and O–H groups in total. The van der Waals surface area contributed by atoms with Crippen LogP contribution in [0.5, 0.6) is 0 Å². The number of aryl methyl sites for hydroxylation is 3. The number of aromatic nitrogens is 1. The van der Waals surface area contributed by atoms with E-state index in [0.29, 0.717) is 5.56 Å². The molecule has 0 spiro atoms. The molecule has 21 heavy (non-hydrogen) atoms. The van der Waals surface area contributed by atoms with Crippen molar-refractivity contribution in [2.45, 2.75) is 20.8 Å². The van der Waals surface area contributed by atoms with Crippen LogP contribution in [0.25, 0.3) is 20.8 Å². The van der Waals surface area contributed by atoms with Gasteiger partial charge in [0.05, 0.1) is 15.1 Å². The summed E-state index contributed by atoms with van der Waals surface area (Å²) in [6.07, 6.45) is 0. The second kappa shape index (κ2) is 4.93. The Kier molecular flexibility index (Phi) is 3.22. The third kappa shape index (κ3) is 2.29. The van der Waals surface area contributed by atoms with Crippen LogP contribution >= 0.6 is 11.3 Å². The van der Waals surface area contributed by atoms with E-state index in [0.717, 1.165) is 21.7 Å². The van der Waals surface area contributed by atoms with Gasteiger partial charge in [-0.3, -0.25) is 10.1 Å². The van der Waals surface area contributed by atoms with Crippen LogP contribution in [0.1, 0.15) is 16.7 Å². The van der Waals surface area contributed by atoms with Gasteiger partial charge in [0.2, 0.25) is 0 Å². The second-order valence-electron chi connectivity index (χ2n) is 5.15. The fourth-order valence-corrected chi connectivity index (χ4v) is 3.48. The number of nitro groups is 1. The summed E-state index contributed by atoms with van der Waals surface area (Å²) in [5.41, 5.74) is 5.11. The number of hydrogen-bond acceptors (Lipinski definition) is 4. The van der Waals surface area contributed by atoms with Gasteiger partial charge in [0, 0.05) is 17.2 Å². The first-order valence-electron chi connectivity index (χ1n) is 6.59. The highest BCUT2D eigenvalue weighted by molar-refractivity contribution is 7.21. The van der Waals surface area contributed by atoms with Gasteiger partial charge in [-0.1, -0.05) is 12.1 Å². The van der Waals surface area contributed by atoms with E-state index < -0.39 is 0 Å². The van der Waals surface area contributed by atoms with Crippen LogP contribution < -0.4 is 0 Å². The predicted molar refractivity (Wildman–Crippen MR) is 85.9 cm³/mol. The van der Waals surface area contributed by atoms with Gasteiger partial charge >= 0.3 is 0 Å². The molecule has 2 aromatic carbocycles. The number of thiazole rings is 1. The molecule has 1 heterocycles. The molecule has 106 valence electrons. The zero-order chi connectivity index (χ0) is 15.1. The van der Waals surface area contributed by atoms with E-state index in [9.17, 15) is 10.1 Å². The van der Waals surface area contributed by atoms with Crippen LogP contribution in [0.4, 0.5) is 5.69 Å². The minimum atomic E-state index is -0.355. The standard InChI is InChI=1S/C16H14N2O2S/c1-9-4-5-10(2)15-14(9)17-16(21-15)12-6-7-13(18(19)20)11(3)8-12/h4-8H,1-3H3. The van der Waals surface area contributed by atoms with Gasteiger partial charge in [0.1, 0.15) is 5.01 Å². The van der Waals surface area contributed by atoms with Gasteiger partial charge in [-0.15, -0.1) is 11.3 Å². The van der Waals surface area contributed by atoms with Crippen molar-refractivity contribution < 1.29 is 4.92 Å². The van der Waals surface area contributed by atoms with Crippen LogP contribution in [0, 0.1) is 30.9 Å². The maximum Gasteiger partial charge on any atom is 0.272 e. The van der Waals surface area contributed by atoms with Crippen LogP contribution in [0.2, 0.25) is 0 Å². The largest absolute Gasteiger partial charge is 0.272 e. The molecule has 0 unspecified atom stereocenters. The summed E-state index contributed by atoms with van der Waals surface area (Å²) < 4.78 is 1.18. The molecule has 0 atom stereocenters. The quantitative estimate of drug-likeness (QED) is 0.504. The molecule has 4 nitrogen and oxygen atoms in total. The lowest BCUT2D eigenvalue weighted by atomic mass is 10.1. The molecule has 1 aromatic heterocycles. The normalized spacial score (nSPS) is 11.0. The SMILES string of the molecule is Cc1cc(-c2nc3c(C)ccc(C)c3s2)ccc1[N+](=O)[O-]. The minimum Gasteiger partial charge on any atom is -0.258 e. The Morgan fingerprint density at radius 3 is 2.38 bits per heavy atom. The number of hydrogen-bond donors (Lipinski definition) is 0. The van der Waals surface area contributed by atoms with Crippen LogP contribution in [0.3, 0.4) is 0 Å². The zero-order valence-corrected chi connectivity index (χ0v) is 12.8. The molecule has 0 bridgehead atoms. The molecule has 0 aliphatic rings. The topological polar surface area (TPSA) is 56.0 Å². The molecule has 0 aliphatic carbocycles. The number of benzene rings is 2. The first kappa shape index (κ1) is 13.7.